The third-order valence-electron chi connectivity index (χ3n) is 3.14. The molecular formula is C16H12N2O4S2. The van der Waals surface area contributed by atoms with E-state index in [4.69, 9.17) is 4.42 Å². The molecule has 3 rings (SSSR count). The van der Waals surface area contributed by atoms with E-state index >= 15 is 0 Å². The Morgan fingerprint density at radius 3 is 2.88 bits per heavy atom. The zero-order chi connectivity index (χ0) is 17.1. The second kappa shape index (κ2) is 7.06. The molecule has 1 aromatic carbocycles. The Bertz CT molecular complexity index is 870. The van der Waals surface area contributed by atoms with Crippen molar-refractivity contribution in [3.63, 3.8) is 0 Å². The van der Waals surface area contributed by atoms with Gasteiger partial charge in [-0.15, -0.1) is 0 Å². The van der Waals surface area contributed by atoms with Gasteiger partial charge >= 0.3 is 0 Å². The summed E-state index contributed by atoms with van der Waals surface area (Å²) < 4.78 is 6.37. The number of carbonyl (C=O) groups excluding carboxylic acids is 1. The van der Waals surface area contributed by atoms with E-state index in [0.717, 1.165) is 21.9 Å². The number of rotatable bonds is 4. The summed E-state index contributed by atoms with van der Waals surface area (Å²) in [6.07, 6.45) is 1.55. The molecule has 0 spiro atoms. The van der Waals surface area contributed by atoms with Crippen LogP contribution in [0.5, 0.6) is 0 Å². The highest BCUT2D eigenvalue weighted by molar-refractivity contribution is 8.45. The first kappa shape index (κ1) is 16.5. The van der Waals surface area contributed by atoms with Gasteiger partial charge in [-0.05, 0) is 35.7 Å². The standard InChI is InChI=1S/C16H12N2O4S2/c1-2-23-16-17-12(15(19)24-16)9-10-7-8-14(22-10)11-5-3-4-6-13(11)18(20)21/h3-9H,2H2,1H3. The summed E-state index contributed by atoms with van der Waals surface area (Å²) in [5.74, 6) is 1.65. The quantitative estimate of drug-likeness (QED) is 0.451. The normalized spacial score (nSPS) is 15.8. The number of nitro groups is 1. The van der Waals surface area contributed by atoms with Gasteiger partial charge in [-0.1, -0.05) is 30.8 Å². The van der Waals surface area contributed by atoms with Crippen LogP contribution in [0.25, 0.3) is 17.4 Å². The predicted octanol–water partition coefficient (Wildman–Crippen LogP) is 4.58. The Morgan fingerprint density at radius 2 is 2.12 bits per heavy atom. The molecule has 0 bridgehead atoms. The molecule has 6 nitrogen and oxygen atoms in total. The summed E-state index contributed by atoms with van der Waals surface area (Å²) in [5, 5.41) is 11.0. The van der Waals surface area contributed by atoms with Crippen molar-refractivity contribution in [1.82, 2.24) is 0 Å². The van der Waals surface area contributed by atoms with E-state index < -0.39 is 4.92 Å². The third-order valence-corrected chi connectivity index (χ3v) is 5.03. The molecule has 122 valence electrons. The summed E-state index contributed by atoms with van der Waals surface area (Å²) in [7, 11) is 0. The largest absolute Gasteiger partial charge is 0.456 e. The Labute approximate surface area is 146 Å². The zero-order valence-electron chi connectivity index (χ0n) is 12.6. The van der Waals surface area contributed by atoms with Crippen LogP contribution in [0, 0.1) is 10.1 Å². The summed E-state index contributed by atoms with van der Waals surface area (Å²) in [5.41, 5.74) is 0.683. The van der Waals surface area contributed by atoms with E-state index in [-0.39, 0.29) is 10.8 Å². The number of carbonyl (C=O) groups is 1. The number of nitrogens with zero attached hydrogens (tertiary/aromatic N) is 2. The van der Waals surface area contributed by atoms with Gasteiger partial charge in [0, 0.05) is 12.1 Å². The molecule has 0 saturated heterocycles. The molecule has 0 aliphatic carbocycles. The molecule has 2 heterocycles. The minimum atomic E-state index is -0.453. The number of para-hydroxylation sites is 1. The Morgan fingerprint density at radius 1 is 1.33 bits per heavy atom. The summed E-state index contributed by atoms with van der Waals surface area (Å²) in [4.78, 5) is 26.8. The van der Waals surface area contributed by atoms with Crippen LogP contribution in [-0.4, -0.2) is 20.2 Å². The van der Waals surface area contributed by atoms with Crippen LogP contribution in [0.2, 0.25) is 0 Å². The number of furan rings is 1. The SMILES string of the molecule is CCSC1=NC(=Cc2ccc(-c3ccccc3[N+](=O)[O-])o2)C(=O)S1. The van der Waals surface area contributed by atoms with Gasteiger partial charge in [-0.25, -0.2) is 4.99 Å². The molecule has 8 heteroatoms. The first-order valence-electron chi connectivity index (χ1n) is 7.07. The lowest BCUT2D eigenvalue weighted by atomic mass is 10.1. The van der Waals surface area contributed by atoms with Crippen molar-refractivity contribution < 1.29 is 14.1 Å². The Hall–Kier alpha value is -2.32. The lowest BCUT2D eigenvalue weighted by Gasteiger charge is -1.98. The minimum absolute atomic E-state index is 0.0294. The van der Waals surface area contributed by atoms with Gasteiger partial charge in [0.2, 0.25) is 5.12 Å². The lowest BCUT2D eigenvalue weighted by Crippen LogP contribution is -1.90. The van der Waals surface area contributed by atoms with Crippen molar-refractivity contribution in [3.8, 4) is 11.3 Å². The van der Waals surface area contributed by atoms with Crippen LogP contribution in [0.4, 0.5) is 5.69 Å². The molecule has 24 heavy (non-hydrogen) atoms. The Balaban J connectivity index is 1.91. The van der Waals surface area contributed by atoms with Crippen LogP contribution in [0.3, 0.4) is 0 Å². The van der Waals surface area contributed by atoms with Crippen LogP contribution < -0.4 is 0 Å². The van der Waals surface area contributed by atoms with Crippen LogP contribution in [0.15, 0.2) is 51.5 Å². The number of hydrogen-bond acceptors (Lipinski definition) is 7. The average Bonchev–Trinajstić information content (AvgIpc) is 3.15. The highest BCUT2D eigenvalue weighted by Gasteiger charge is 2.23. The van der Waals surface area contributed by atoms with Crippen molar-refractivity contribution in [3.05, 3.63) is 58.0 Å². The molecule has 0 atom stereocenters. The van der Waals surface area contributed by atoms with E-state index in [1.165, 1.54) is 17.8 Å². The summed E-state index contributed by atoms with van der Waals surface area (Å²) >= 11 is 2.61. The average molecular weight is 360 g/mol. The second-order valence-corrected chi connectivity index (χ2v) is 7.18. The van der Waals surface area contributed by atoms with Crippen LogP contribution in [-0.2, 0) is 4.79 Å². The van der Waals surface area contributed by atoms with Gasteiger partial charge in [-0.2, -0.15) is 0 Å². The van der Waals surface area contributed by atoms with E-state index in [9.17, 15) is 14.9 Å². The second-order valence-electron chi connectivity index (χ2n) is 4.71. The molecule has 2 aromatic rings. The number of benzene rings is 1. The van der Waals surface area contributed by atoms with Crippen molar-refractivity contribution in [2.75, 3.05) is 5.75 Å². The smallest absolute Gasteiger partial charge is 0.280 e. The molecule has 0 N–H and O–H groups in total. The van der Waals surface area contributed by atoms with Crippen molar-refractivity contribution in [1.29, 1.82) is 0 Å². The number of aliphatic imine (C=N–C) groups is 1. The fraction of sp³-hybridized carbons (Fsp3) is 0.125. The highest BCUT2D eigenvalue weighted by Crippen LogP contribution is 2.33. The number of hydrogen-bond donors (Lipinski definition) is 0. The van der Waals surface area contributed by atoms with Gasteiger partial charge in [-0.3, -0.25) is 14.9 Å². The fourth-order valence-electron chi connectivity index (χ4n) is 2.13. The first-order valence-corrected chi connectivity index (χ1v) is 8.87. The lowest BCUT2D eigenvalue weighted by molar-refractivity contribution is -0.384. The molecular weight excluding hydrogens is 348 g/mol. The van der Waals surface area contributed by atoms with Crippen molar-refractivity contribution in [2.45, 2.75) is 6.92 Å². The zero-order valence-corrected chi connectivity index (χ0v) is 14.2. The van der Waals surface area contributed by atoms with Gasteiger partial charge in [0.1, 0.15) is 21.6 Å². The summed E-state index contributed by atoms with van der Waals surface area (Å²) in [6, 6.07) is 9.66. The fourth-order valence-corrected chi connectivity index (χ4v) is 3.86. The van der Waals surface area contributed by atoms with Gasteiger partial charge in [0.05, 0.1) is 10.5 Å². The van der Waals surface area contributed by atoms with Crippen molar-refractivity contribution in [2.24, 2.45) is 4.99 Å². The predicted molar refractivity (Wildman–Crippen MR) is 96.9 cm³/mol. The molecule has 0 amide bonds. The molecule has 0 fully saturated rings. The van der Waals surface area contributed by atoms with Crippen molar-refractivity contribution >= 4 is 44.8 Å². The topological polar surface area (TPSA) is 85.7 Å². The van der Waals surface area contributed by atoms with E-state index in [1.807, 2.05) is 6.92 Å². The number of nitro benzene ring substituents is 1. The highest BCUT2D eigenvalue weighted by atomic mass is 32.2. The monoisotopic (exact) mass is 360 g/mol. The minimum Gasteiger partial charge on any atom is -0.456 e. The molecule has 1 aliphatic rings. The third kappa shape index (κ3) is 3.44. The van der Waals surface area contributed by atoms with Gasteiger partial charge < -0.3 is 4.42 Å². The van der Waals surface area contributed by atoms with E-state index in [1.54, 1.807) is 36.4 Å². The maximum absolute atomic E-state index is 11.9. The maximum atomic E-state index is 11.9. The molecule has 0 saturated carbocycles. The Kier molecular flexibility index (Phi) is 4.86. The van der Waals surface area contributed by atoms with E-state index in [0.29, 0.717) is 22.8 Å². The molecule has 1 aromatic heterocycles. The number of thioether (sulfide) groups is 2. The van der Waals surface area contributed by atoms with E-state index in [2.05, 4.69) is 4.99 Å². The van der Waals surface area contributed by atoms with Gasteiger partial charge in [0.25, 0.3) is 5.69 Å². The molecule has 0 unspecified atom stereocenters. The molecule has 0 radical (unpaired) electrons. The first-order chi connectivity index (χ1) is 11.6. The maximum Gasteiger partial charge on any atom is 0.280 e. The summed E-state index contributed by atoms with van der Waals surface area (Å²) in [6.45, 7) is 1.99. The van der Waals surface area contributed by atoms with Crippen LogP contribution in [0.1, 0.15) is 12.7 Å². The van der Waals surface area contributed by atoms with Gasteiger partial charge in [0.15, 0.2) is 0 Å². The molecule has 1 aliphatic heterocycles. The van der Waals surface area contributed by atoms with Crippen LogP contribution >= 0.6 is 23.5 Å².